The molecule has 102 valence electrons. The van der Waals surface area contributed by atoms with Crippen LogP contribution in [0.5, 0.6) is 0 Å². The van der Waals surface area contributed by atoms with E-state index in [-0.39, 0.29) is 0 Å². The van der Waals surface area contributed by atoms with Gasteiger partial charge in [0.15, 0.2) is 5.16 Å². The van der Waals surface area contributed by atoms with Crippen molar-refractivity contribution < 1.29 is 4.21 Å². The van der Waals surface area contributed by atoms with Crippen LogP contribution in [-0.4, -0.2) is 27.3 Å². The van der Waals surface area contributed by atoms with E-state index in [1.54, 1.807) is 12.4 Å². The highest BCUT2D eigenvalue weighted by molar-refractivity contribution is 7.84. The molecule has 0 spiro atoms. The van der Waals surface area contributed by atoms with Crippen molar-refractivity contribution in [1.82, 2.24) is 9.97 Å². The quantitative estimate of drug-likeness (QED) is 0.883. The van der Waals surface area contributed by atoms with Crippen molar-refractivity contribution in [1.29, 1.82) is 0 Å². The van der Waals surface area contributed by atoms with Crippen LogP contribution < -0.4 is 4.90 Å². The maximum absolute atomic E-state index is 12.2. The monoisotopic (exact) mass is 277 g/mol. The van der Waals surface area contributed by atoms with Gasteiger partial charge in [0.2, 0.25) is 0 Å². The summed E-state index contributed by atoms with van der Waals surface area (Å²) in [6, 6.07) is 8.13. The number of hydrogen-bond acceptors (Lipinski definition) is 3. The molecule has 2 aromatic rings. The van der Waals surface area contributed by atoms with Crippen molar-refractivity contribution >= 4 is 16.5 Å². The Bertz CT molecular complexity index is 535. The summed E-state index contributed by atoms with van der Waals surface area (Å²) in [7, 11) is -1.13. The van der Waals surface area contributed by atoms with Gasteiger partial charge in [-0.3, -0.25) is 4.21 Å². The van der Waals surface area contributed by atoms with E-state index in [0.29, 0.717) is 10.9 Å². The van der Waals surface area contributed by atoms with E-state index in [1.165, 1.54) is 0 Å². The lowest BCUT2D eigenvalue weighted by molar-refractivity contribution is 0.677. The SMILES string of the molecule is CCN(CC)c1ccccc1CS(=O)c1ncc[nH]1. The van der Waals surface area contributed by atoms with E-state index in [0.717, 1.165) is 24.3 Å². The standard InChI is InChI=1S/C14H19N3OS/c1-3-17(4-2)13-8-6-5-7-12(13)11-19(18)14-15-9-10-16-14/h5-10H,3-4,11H2,1-2H3,(H,15,16). The number of rotatable bonds is 6. The summed E-state index contributed by atoms with van der Waals surface area (Å²) >= 11 is 0. The molecular weight excluding hydrogens is 258 g/mol. The van der Waals surface area contributed by atoms with Gasteiger partial charge < -0.3 is 9.88 Å². The largest absolute Gasteiger partial charge is 0.372 e. The number of imidazole rings is 1. The maximum Gasteiger partial charge on any atom is 0.196 e. The fraction of sp³-hybridized carbons (Fsp3) is 0.357. The molecule has 1 atom stereocenters. The zero-order valence-corrected chi connectivity index (χ0v) is 12.1. The molecule has 2 rings (SSSR count). The summed E-state index contributed by atoms with van der Waals surface area (Å²) < 4.78 is 12.2. The average Bonchev–Trinajstić information content (AvgIpc) is 2.96. The second-order valence-electron chi connectivity index (χ2n) is 4.19. The van der Waals surface area contributed by atoms with E-state index in [1.807, 2.05) is 18.2 Å². The summed E-state index contributed by atoms with van der Waals surface area (Å²) in [5.41, 5.74) is 2.26. The molecular formula is C14H19N3OS. The average molecular weight is 277 g/mol. The summed E-state index contributed by atoms with van der Waals surface area (Å²) in [5.74, 6) is 0.486. The fourth-order valence-corrected chi connectivity index (χ4v) is 3.13. The third-order valence-corrected chi connectivity index (χ3v) is 4.30. The van der Waals surface area contributed by atoms with Gasteiger partial charge in [0.05, 0.1) is 16.6 Å². The Morgan fingerprint density at radius 3 is 2.63 bits per heavy atom. The number of nitrogens with zero attached hydrogens (tertiary/aromatic N) is 2. The van der Waals surface area contributed by atoms with Crippen LogP contribution >= 0.6 is 0 Å². The minimum absolute atomic E-state index is 0.486. The van der Waals surface area contributed by atoms with Gasteiger partial charge in [-0.2, -0.15) is 0 Å². The number of aromatic nitrogens is 2. The Morgan fingerprint density at radius 1 is 1.26 bits per heavy atom. The lowest BCUT2D eigenvalue weighted by Crippen LogP contribution is -2.23. The first kappa shape index (κ1) is 13.8. The van der Waals surface area contributed by atoms with Crippen molar-refractivity contribution in [2.75, 3.05) is 18.0 Å². The van der Waals surface area contributed by atoms with E-state index < -0.39 is 10.8 Å². The van der Waals surface area contributed by atoms with Crippen molar-refractivity contribution in [3.05, 3.63) is 42.2 Å². The molecule has 0 aliphatic rings. The number of nitrogens with one attached hydrogen (secondary N) is 1. The van der Waals surface area contributed by atoms with Gasteiger partial charge in [-0.1, -0.05) is 18.2 Å². The first-order valence-electron chi connectivity index (χ1n) is 6.46. The highest BCUT2D eigenvalue weighted by Gasteiger charge is 2.12. The summed E-state index contributed by atoms with van der Waals surface area (Å²) in [6.07, 6.45) is 3.33. The van der Waals surface area contributed by atoms with Gasteiger partial charge in [0.25, 0.3) is 0 Å². The van der Waals surface area contributed by atoms with Gasteiger partial charge in [-0.05, 0) is 25.5 Å². The Balaban J connectivity index is 2.23. The highest BCUT2D eigenvalue weighted by atomic mass is 32.2. The van der Waals surface area contributed by atoms with Crippen LogP contribution in [0.25, 0.3) is 0 Å². The molecule has 0 aliphatic carbocycles. The van der Waals surface area contributed by atoms with Gasteiger partial charge in [0.1, 0.15) is 0 Å². The normalized spacial score (nSPS) is 12.3. The van der Waals surface area contributed by atoms with Crippen LogP contribution in [0.15, 0.2) is 41.8 Å². The summed E-state index contributed by atoms with van der Waals surface area (Å²) in [4.78, 5) is 9.24. The van der Waals surface area contributed by atoms with Crippen LogP contribution in [0.1, 0.15) is 19.4 Å². The molecule has 1 heterocycles. The van der Waals surface area contributed by atoms with Crippen molar-refractivity contribution in [3.8, 4) is 0 Å². The molecule has 5 heteroatoms. The lowest BCUT2D eigenvalue weighted by atomic mass is 10.2. The predicted octanol–water partition coefficient (Wildman–Crippen LogP) is 2.56. The lowest BCUT2D eigenvalue weighted by Gasteiger charge is -2.23. The van der Waals surface area contributed by atoms with E-state index in [4.69, 9.17) is 0 Å². The number of para-hydroxylation sites is 1. The van der Waals surface area contributed by atoms with Crippen LogP contribution in [0, 0.1) is 0 Å². The number of aromatic amines is 1. The fourth-order valence-electron chi connectivity index (χ4n) is 2.09. The topological polar surface area (TPSA) is 49.0 Å². The van der Waals surface area contributed by atoms with Crippen LogP contribution in [0.3, 0.4) is 0 Å². The molecule has 1 aromatic heterocycles. The van der Waals surface area contributed by atoms with Crippen LogP contribution in [0.2, 0.25) is 0 Å². The number of hydrogen-bond donors (Lipinski definition) is 1. The second kappa shape index (κ2) is 6.52. The molecule has 1 unspecified atom stereocenters. The molecule has 0 amide bonds. The Hall–Kier alpha value is -1.62. The molecule has 19 heavy (non-hydrogen) atoms. The van der Waals surface area contributed by atoms with Gasteiger partial charge in [-0.15, -0.1) is 0 Å². The molecule has 0 fully saturated rings. The Labute approximate surface area is 116 Å². The van der Waals surface area contributed by atoms with E-state index in [2.05, 4.69) is 34.8 Å². The van der Waals surface area contributed by atoms with Crippen molar-refractivity contribution in [2.45, 2.75) is 24.8 Å². The minimum atomic E-state index is -1.13. The number of benzene rings is 1. The summed E-state index contributed by atoms with van der Waals surface area (Å²) in [6.45, 7) is 6.15. The van der Waals surface area contributed by atoms with Crippen LogP contribution in [0.4, 0.5) is 5.69 Å². The summed E-state index contributed by atoms with van der Waals surface area (Å²) in [5, 5.41) is 0.536. The number of anilines is 1. The van der Waals surface area contributed by atoms with Gasteiger partial charge >= 0.3 is 0 Å². The molecule has 0 radical (unpaired) electrons. The van der Waals surface area contributed by atoms with Gasteiger partial charge in [0, 0.05) is 31.2 Å². The first-order valence-corrected chi connectivity index (χ1v) is 7.78. The van der Waals surface area contributed by atoms with Crippen molar-refractivity contribution in [3.63, 3.8) is 0 Å². The third kappa shape index (κ3) is 3.23. The molecule has 0 aliphatic heterocycles. The Morgan fingerprint density at radius 2 is 2.00 bits per heavy atom. The minimum Gasteiger partial charge on any atom is -0.372 e. The smallest absolute Gasteiger partial charge is 0.196 e. The highest BCUT2D eigenvalue weighted by Crippen LogP contribution is 2.22. The zero-order chi connectivity index (χ0) is 13.7. The second-order valence-corrected chi connectivity index (χ2v) is 5.55. The van der Waals surface area contributed by atoms with Gasteiger partial charge in [-0.25, -0.2) is 4.98 Å². The molecule has 0 bridgehead atoms. The third-order valence-electron chi connectivity index (χ3n) is 3.07. The molecule has 1 N–H and O–H groups in total. The maximum atomic E-state index is 12.2. The van der Waals surface area contributed by atoms with Crippen molar-refractivity contribution in [2.24, 2.45) is 0 Å². The molecule has 0 saturated carbocycles. The predicted molar refractivity (Wildman–Crippen MR) is 78.7 cm³/mol. The molecule has 4 nitrogen and oxygen atoms in total. The van der Waals surface area contributed by atoms with E-state index in [9.17, 15) is 4.21 Å². The Kier molecular flexibility index (Phi) is 4.74. The molecule has 1 aromatic carbocycles. The number of H-pyrrole nitrogens is 1. The van der Waals surface area contributed by atoms with Crippen LogP contribution in [-0.2, 0) is 16.6 Å². The van der Waals surface area contributed by atoms with E-state index >= 15 is 0 Å². The first-order chi connectivity index (χ1) is 9.26. The molecule has 0 saturated heterocycles. The zero-order valence-electron chi connectivity index (χ0n) is 11.3.